The fourth-order valence-electron chi connectivity index (χ4n) is 2.61. The number of hydrogen-bond acceptors (Lipinski definition) is 2. The minimum absolute atomic E-state index is 0.585. The van der Waals surface area contributed by atoms with Gasteiger partial charge in [-0.15, -0.1) is 0 Å². The van der Waals surface area contributed by atoms with Crippen molar-refractivity contribution >= 4 is 0 Å². The first-order chi connectivity index (χ1) is 7.68. The molecule has 0 aliphatic carbocycles. The molecule has 2 rings (SSSR count). The summed E-state index contributed by atoms with van der Waals surface area (Å²) in [5.41, 5.74) is 2.50. The maximum atomic E-state index is 4.42. The smallest absolute Gasteiger partial charge is 0.0372 e. The van der Waals surface area contributed by atoms with Crippen molar-refractivity contribution in [3.05, 3.63) is 29.6 Å². The van der Waals surface area contributed by atoms with Gasteiger partial charge in [-0.1, -0.05) is 12.5 Å². The van der Waals surface area contributed by atoms with Crippen LogP contribution in [0.3, 0.4) is 0 Å². The zero-order valence-corrected chi connectivity index (χ0v) is 10.6. The molecule has 1 aliphatic heterocycles. The fourth-order valence-corrected chi connectivity index (χ4v) is 2.61. The molecule has 1 aliphatic rings. The highest BCUT2D eigenvalue weighted by Crippen LogP contribution is 2.31. The highest BCUT2D eigenvalue weighted by Gasteiger charge is 2.25. The summed E-state index contributed by atoms with van der Waals surface area (Å²) in [5, 5.41) is 0. The van der Waals surface area contributed by atoms with Crippen LogP contribution in [0.1, 0.15) is 50.4 Å². The molecule has 1 fully saturated rings. The number of rotatable bonds is 2. The number of nitrogens with zero attached hydrogens (tertiary/aromatic N) is 2. The Bertz CT molecular complexity index is 329. The lowest BCUT2D eigenvalue weighted by Crippen LogP contribution is -2.38. The zero-order chi connectivity index (χ0) is 11.5. The van der Waals surface area contributed by atoms with Gasteiger partial charge in [0.25, 0.3) is 0 Å². The molecule has 0 aromatic carbocycles. The van der Waals surface area contributed by atoms with E-state index >= 15 is 0 Å². The Labute approximate surface area is 98.7 Å². The van der Waals surface area contributed by atoms with Gasteiger partial charge in [-0.3, -0.25) is 9.88 Å². The summed E-state index contributed by atoms with van der Waals surface area (Å²) in [7, 11) is 0. The molecule has 88 valence electrons. The van der Waals surface area contributed by atoms with Gasteiger partial charge in [0, 0.05) is 24.0 Å². The fraction of sp³-hybridized carbons (Fsp3) is 0.643. The number of likely N-dealkylation sites (tertiary alicyclic amines) is 1. The maximum absolute atomic E-state index is 4.42. The molecule has 1 saturated heterocycles. The first-order valence-electron chi connectivity index (χ1n) is 6.37. The standard InChI is InChI=1S/C14H22N2/c1-11(2)16-9-5-4-6-14(16)13-8-7-12(3)15-10-13/h7-8,10-11,14H,4-6,9H2,1-3H3/t14-/m1/s1. The molecule has 0 radical (unpaired) electrons. The predicted molar refractivity (Wildman–Crippen MR) is 67.4 cm³/mol. The van der Waals surface area contributed by atoms with Crippen molar-refractivity contribution in [2.24, 2.45) is 0 Å². The van der Waals surface area contributed by atoms with E-state index in [1.807, 2.05) is 6.92 Å². The first kappa shape index (κ1) is 11.6. The van der Waals surface area contributed by atoms with Gasteiger partial charge in [-0.25, -0.2) is 0 Å². The number of piperidine rings is 1. The average Bonchev–Trinajstić information content (AvgIpc) is 2.30. The quantitative estimate of drug-likeness (QED) is 0.757. The van der Waals surface area contributed by atoms with Crippen LogP contribution in [0.4, 0.5) is 0 Å². The normalized spacial score (nSPS) is 22.6. The molecule has 16 heavy (non-hydrogen) atoms. The largest absolute Gasteiger partial charge is 0.294 e. The van der Waals surface area contributed by atoms with Crippen LogP contribution in [0.15, 0.2) is 18.3 Å². The van der Waals surface area contributed by atoms with E-state index in [2.05, 4.69) is 42.1 Å². The monoisotopic (exact) mass is 218 g/mol. The topological polar surface area (TPSA) is 16.1 Å². The number of hydrogen-bond donors (Lipinski definition) is 0. The van der Waals surface area contributed by atoms with Crippen LogP contribution in [0.25, 0.3) is 0 Å². The SMILES string of the molecule is Cc1ccc([C@H]2CCCCN2C(C)C)cn1. The molecule has 0 spiro atoms. The third-order valence-corrected chi connectivity index (χ3v) is 3.53. The summed E-state index contributed by atoms with van der Waals surface area (Å²) >= 11 is 0. The van der Waals surface area contributed by atoms with Crippen LogP contribution in [-0.4, -0.2) is 22.5 Å². The molecule has 1 atom stereocenters. The van der Waals surface area contributed by atoms with Gasteiger partial charge in [0.05, 0.1) is 0 Å². The van der Waals surface area contributed by atoms with E-state index < -0.39 is 0 Å². The average molecular weight is 218 g/mol. The molecular weight excluding hydrogens is 196 g/mol. The van der Waals surface area contributed by atoms with Crippen LogP contribution in [-0.2, 0) is 0 Å². The lowest BCUT2D eigenvalue weighted by Gasteiger charge is -2.38. The van der Waals surface area contributed by atoms with Gasteiger partial charge in [0.1, 0.15) is 0 Å². The third-order valence-electron chi connectivity index (χ3n) is 3.53. The number of pyridine rings is 1. The molecule has 2 heterocycles. The van der Waals surface area contributed by atoms with Crippen LogP contribution < -0.4 is 0 Å². The van der Waals surface area contributed by atoms with Crippen molar-refractivity contribution in [3.8, 4) is 0 Å². The second-order valence-corrected chi connectivity index (χ2v) is 5.08. The van der Waals surface area contributed by atoms with Crippen molar-refractivity contribution in [2.45, 2.75) is 52.1 Å². The second kappa shape index (κ2) is 4.96. The summed E-state index contributed by atoms with van der Waals surface area (Å²) in [6.07, 6.45) is 6.03. The molecule has 0 saturated carbocycles. The number of aromatic nitrogens is 1. The molecule has 1 aromatic rings. The summed E-state index contributed by atoms with van der Waals surface area (Å²) in [6.45, 7) is 7.86. The van der Waals surface area contributed by atoms with E-state index in [1.54, 1.807) is 0 Å². The maximum Gasteiger partial charge on any atom is 0.0372 e. The molecule has 2 nitrogen and oxygen atoms in total. The lowest BCUT2D eigenvalue weighted by molar-refractivity contribution is 0.112. The van der Waals surface area contributed by atoms with Crippen LogP contribution in [0.5, 0.6) is 0 Å². The Balaban J connectivity index is 2.19. The Morgan fingerprint density at radius 1 is 1.31 bits per heavy atom. The van der Waals surface area contributed by atoms with Crippen LogP contribution in [0.2, 0.25) is 0 Å². The van der Waals surface area contributed by atoms with E-state index in [1.165, 1.54) is 31.4 Å². The van der Waals surface area contributed by atoms with E-state index in [0.717, 1.165) is 5.69 Å². The molecule has 0 N–H and O–H groups in total. The summed E-state index contributed by atoms with van der Waals surface area (Å²) in [6, 6.07) is 5.59. The van der Waals surface area contributed by atoms with E-state index in [4.69, 9.17) is 0 Å². The van der Waals surface area contributed by atoms with E-state index in [9.17, 15) is 0 Å². The van der Waals surface area contributed by atoms with Crippen LogP contribution >= 0.6 is 0 Å². The van der Waals surface area contributed by atoms with Crippen LogP contribution in [0, 0.1) is 6.92 Å². The Kier molecular flexibility index (Phi) is 3.59. The van der Waals surface area contributed by atoms with Crippen molar-refractivity contribution in [1.29, 1.82) is 0 Å². The highest BCUT2D eigenvalue weighted by molar-refractivity contribution is 5.18. The van der Waals surface area contributed by atoms with Crippen molar-refractivity contribution < 1.29 is 0 Å². The first-order valence-corrected chi connectivity index (χ1v) is 6.37. The Hall–Kier alpha value is -0.890. The van der Waals surface area contributed by atoms with Gasteiger partial charge < -0.3 is 0 Å². The van der Waals surface area contributed by atoms with Crippen molar-refractivity contribution in [3.63, 3.8) is 0 Å². The lowest BCUT2D eigenvalue weighted by atomic mass is 9.95. The highest BCUT2D eigenvalue weighted by atomic mass is 15.2. The molecule has 0 amide bonds. The third kappa shape index (κ3) is 2.43. The molecule has 0 bridgehead atoms. The minimum Gasteiger partial charge on any atom is -0.294 e. The number of aryl methyl sites for hydroxylation is 1. The van der Waals surface area contributed by atoms with Crippen molar-refractivity contribution in [1.82, 2.24) is 9.88 Å². The Morgan fingerprint density at radius 2 is 2.12 bits per heavy atom. The van der Waals surface area contributed by atoms with Gasteiger partial charge in [-0.05, 0) is 51.8 Å². The van der Waals surface area contributed by atoms with Gasteiger partial charge in [0.15, 0.2) is 0 Å². The molecular formula is C14H22N2. The molecule has 2 heteroatoms. The Morgan fingerprint density at radius 3 is 2.75 bits per heavy atom. The van der Waals surface area contributed by atoms with Gasteiger partial charge in [-0.2, -0.15) is 0 Å². The molecule has 0 unspecified atom stereocenters. The van der Waals surface area contributed by atoms with Crippen molar-refractivity contribution in [2.75, 3.05) is 6.54 Å². The van der Waals surface area contributed by atoms with E-state index in [0.29, 0.717) is 12.1 Å². The summed E-state index contributed by atoms with van der Waals surface area (Å²) in [5.74, 6) is 0. The van der Waals surface area contributed by atoms with Gasteiger partial charge in [0.2, 0.25) is 0 Å². The van der Waals surface area contributed by atoms with E-state index in [-0.39, 0.29) is 0 Å². The second-order valence-electron chi connectivity index (χ2n) is 5.08. The van der Waals surface area contributed by atoms with Gasteiger partial charge >= 0.3 is 0 Å². The predicted octanol–water partition coefficient (Wildman–Crippen LogP) is 3.33. The zero-order valence-electron chi connectivity index (χ0n) is 10.6. The molecule has 1 aromatic heterocycles. The summed E-state index contributed by atoms with van der Waals surface area (Å²) < 4.78 is 0. The summed E-state index contributed by atoms with van der Waals surface area (Å²) in [4.78, 5) is 7.03. The minimum atomic E-state index is 0.585.